The Morgan fingerprint density at radius 2 is 2.05 bits per heavy atom. The van der Waals surface area contributed by atoms with Crippen molar-refractivity contribution < 1.29 is 9.53 Å². The van der Waals surface area contributed by atoms with E-state index < -0.39 is 11.7 Å². The molecule has 0 spiro atoms. The molecule has 1 aromatic carbocycles. The van der Waals surface area contributed by atoms with Crippen LogP contribution in [0.4, 0.5) is 4.79 Å². The van der Waals surface area contributed by atoms with Gasteiger partial charge in [-0.25, -0.2) is 4.79 Å². The first-order valence-corrected chi connectivity index (χ1v) is 6.11. The molecule has 0 atom stereocenters. The molecular formula is C15H17N2O2. The smallest absolute Gasteiger partial charge is 0.435 e. The van der Waals surface area contributed by atoms with Gasteiger partial charge in [-0.2, -0.15) is 9.78 Å². The van der Waals surface area contributed by atoms with Crippen LogP contribution in [0.1, 0.15) is 26.3 Å². The Hall–Kier alpha value is -2.10. The molecule has 0 bridgehead atoms. The van der Waals surface area contributed by atoms with Crippen LogP contribution in [0.25, 0.3) is 11.1 Å². The number of carbonyl (C=O) groups is 1. The van der Waals surface area contributed by atoms with Gasteiger partial charge in [0.15, 0.2) is 0 Å². The molecule has 0 N–H and O–H groups in total. The predicted molar refractivity (Wildman–Crippen MR) is 72.9 cm³/mol. The third kappa shape index (κ3) is 3.44. The van der Waals surface area contributed by atoms with E-state index in [1.165, 1.54) is 4.68 Å². The van der Waals surface area contributed by atoms with Gasteiger partial charge in [-0.1, -0.05) is 12.1 Å². The lowest BCUT2D eigenvalue weighted by Crippen LogP contribution is -2.27. The lowest BCUT2D eigenvalue weighted by atomic mass is 10.1. The van der Waals surface area contributed by atoms with E-state index in [0.717, 1.165) is 16.7 Å². The lowest BCUT2D eigenvalue weighted by Gasteiger charge is -2.18. The van der Waals surface area contributed by atoms with Gasteiger partial charge in [-0.05, 0) is 51.0 Å². The molecule has 0 aliphatic rings. The van der Waals surface area contributed by atoms with Crippen molar-refractivity contribution in [2.24, 2.45) is 0 Å². The van der Waals surface area contributed by atoms with Gasteiger partial charge < -0.3 is 4.74 Å². The minimum absolute atomic E-state index is 0.476. The van der Waals surface area contributed by atoms with Crippen molar-refractivity contribution in [1.82, 2.24) is 9.78 Å². The molecule has 2 rings (SSSR count). The maximum Gasteiger partial charge on any atom is 0.435 e. The van der Waals surface area contributed by atoms with E-state index in [0.29, 0.717) is 0 Å². The van der Waals surface area contributed by atoms with Crippen LogP contribution in [0.3, 0.4) is 0 Å². The molecule has 0 saturated heterocycles. The number of ether oxygens (including phenoxy) is 1. The molecule has 0 unspecified atom stereocenters. The van der Waals surface area contributed by atoms with Crippen LogP contribution >= 0.6 is 0 Å². The summed E-state index contributed by atoms with van der Waals surface area (Å²) >= 11 is 0. The molecule has 19 heavy (non-hydrogen) atoms. The van der Waals surface area contributed by atoms with Gasteiger partial charge >= 0.3 is 6.09 Å². The van der Waals surface area contributed by atoms with Gasteiger partial charge in [0.1, 0.15) is 5.60 Å². The summed E-state index contributed by atoms with van der Waals surface area (Å²) < 4.78 is 6.46. The molecular weight excluding hydrogens is 240 g/mol. The van der Waals surface area contributed by atoms with E-state index in [4.69, 9.17) is 4.74 Å². The summed E-state index contributed by atoms with van der Waals surface area (Å²) in [6.07, 6.45) is 2.83. The van der Waals surface area contributed by atoms with E-state index in [9.17, 15) is 4.79 Å². The van der Waals surface area contributed by atoms with Gasteiger partial charge in [0, 0.05) is 11.8 Å². The van der Waals surface area contributed by atoms with E-state index >= 15 is 0 Å². The average molecular weight is 257 g/mol. The first-order valence-electron chi connectivity index (χ1n) is 6.11. The van der Waals surface area contributed by atoms with Crippen molar-refractivity contribution in [3.63, 3.8) is 0 Å². The zero-order valence-corrected chi connectivity index (χ0v) is 11.6. The normalized spacial score (nSPS) is 11.4. The van der Waals surface area contributed by atoms with Crippen LogP contribution in [0.15, 0.2) is 30.6 Å². The van der Waals surface area contributed by atoms with Crippen molar-refractivity contribution >= 4 is 6.09 Å². The van der Waals surface area contributed by atoms with Crippen LogP contribution in [0.2, 0.25) is 0 Å². The molecule has 4 heteroatoms. The summed E-state index contributed by atoms with van der Waals surface area (Å²) in [5.41, 5.74) is 2.43. The molecule has 4 nitrogen and oxygen atoms in total. The van der Waals surface area contributed by atoms with E-state index in [-0.39, 0.29) is 0 Å². The Kier molecular flexibility index (Phi) is 3.42. The summed E-state index contributed by atoms with van der Waals surface area (Å²) in [5, 5.41) is 4.03. The highest BCUT2D eigenvalue weighted by molar-refractivity contribution is 5.72. The molecule has 0 aliphatic heterocycles. The second-order valence-electron chi connectivity index (χ2n) is 5.45. The van der Waals surface area contributed by atoms with Crippen LogP contribution in [0.5, 0.6) is 0 Å². The average Bonchev–Trinajstić information content (AvgIpc) is 2.75. The van der Waals surface area contributed by atoms with Gasteiger partial charge in [-0.15, -0.1) is 0 Å². The first-order chi connectivity index (χ1) is 8.85. The van der Waals surface area contributed by atoms with Crippen molar-refractivity contribution in [2.45, 2.75) is 33.3 Å². The van der Waals surface area contributed by atoms with Crippen molar-refractivity contribution in [3.8, 4) is 11.1 Å². The number of nitrogens with zero attached hydrogens (tertiary/aromatic N) is 2. The number of hydrogen-bond donors (Lipinski definition) is 0. The fourth-order valence-electron chi connectivity index (χ4n) is 1.64. The van der Waals surface area contributed by atoms with Gasteiger partial charge in [0.2, 0.25) is 0 Å². The molecule has 99 valence electrons. The molecule has 0 saturated carbocycles. The van der Waals surface area contributed by atoms with Gasteiger partial charge in [-0.3, -0.25) is 0 Å². The minimum atomic E-state index is -0.527. The predicted octanol–water partition coefficient (Wildman–Crippen LogP) is 3.44. The molecule has 1 aromatic heterocycles. The van der Waals surface area contributed by atoms with Crippen LogP contribution in [-0.4, -0.2) is 21.5 Å². The lowest BCUT2D eigenvalue weighted by molar-refractivity contribution is 0.0514. The Morgan fingerprint density at radius 1 is 1.32 bits per heavy atom. The zero-order chi connectivity index (χ0) is 14.0. The fourth-order valence-corrected chi connectivity index (χ4v) is 1.64. The molecule has 0 amide bonds. The summed E-state index contributed by atoms with van der Waals surface area (Å²) in [4.78, 5) is 11.8. The highest BCUT2D eigenvalue weighted by Gasteiger charge is 2.18. The van der Waals surface area contributed by atoms with Crippen LogP contribution < -0.4 is 0 Å². The monoisotopic (exact) mass is 257 g/mol. The second-order valence-corrected chi connectivity index (χ2v) is 5.45. The number of carbonyl (C=O) groups excluding carboxylic acids is 1. The topological polar surface area (TPSA) is 44.1 Å². The van der Waals surface area contributed by atoms with Gasteiger partial charge in [0.25, 0.3) is 0 Å². The van der Waals surface area contributed by atoms with E-state index in [1.807, 2.05) is 45.9 Å². The Balaban J connectivity index is 2.22. The highest BCUT2D eigenvalue weighted by Crippen LogP contribution is 2.19. The Labute approximate surface area is 113 Å². The molecule has 1 radical (unpaired) electrons. The first kappa shape index (κ1) is 13.3. The molecule has 1 heterocycles. The number of aromatic nitrogens is 2. The van der Waals surface area contributed by atoms with E-state index in [1.54, 1.807) is 12.4 Å². The third-order valence-electron chi connectivity index (χ3n) is 2.43. The van der Waals surface area contributed by atoms with Crippen molar-refractivity contribution in [3.05, 3.63) is 42.2 Å². The van der Waals surface area contributed by atoms with Crippen molar-refractivity contribution in [1.29, 1.82) is 0 Å². The van der Waals surface area contributed by atoms with Crippen LogP contribution in [-0.2, 0) is 4.74 Å². The summed E-state index contributed by atoms with van der Waals surface area (Å²) in [5.74, 6) is 0. The number of hydrogen-bond acceptors (Lipinski definition) is 3. The second kappa shape index (κ2) is 4.88. The van der Waals surface area contributed by atoms with E-state index in [2.05, 4.69) is 11.2 Å². The number of rotatable bonds is 1. The zero-order valence-electron chi connectivity index (χ0n) is 11.6. The third-order valence-corrected chi connectivity index (χ3v) is 2.43. The number of benzene rings is 1. The minimum Gasteiger partial charge on any atom is -0.442 e. The Bertz CT molecular complexity index is 594. The van der Waals surface area contributed by atoms with Gasteiger partial charge in [0.05, 0.1) is 6.20 Å². The maximum atomic E-state index is 11.8. The largest absolute Gasteiger partial charge is 0.442 e. The molecule has 0 aliphatic carbocycles. The molecule has 2 aromatic rings. The van der Waals surface area contributed by atoms with Crippen LogP contribution in [0, 0.1) is 13.0 Å². The SMILES string of the molecule is Cc1c[c]cc(-c2cnn(C(=O)OC(C)(C)C)c2)c1. The van der Waals surface area contributed by atoms with Crippen molar-refractivity contribution in [2.75, 3.05) is 0 Å². The Morgan fingerprint density at radius 3 is 2.68 bits per heavy atom. The maximum absolute atomic E-state index is 11.8. The summed E-state index contributed by atoms with van der Waals surface area (Å²) in [7, 11) is 0. The standard InChI is InChI=1S/C15H17N2O2/c1-11-6-5-7-12(8-11)13-9-16-17(10-13)14(18)19-15(2,3)4/h6-10H,1-4H3. The summed E-state index contributed by atoms with van der Waals surface area (Å²) in [6.45, 7) is 7.47. The number of aryl methyl sites for hydroxylation is 1. The summed E-state index contributed by atoms with van der Waals surface area (Å²) in [6, 6.07) is 8.84. The fraction of sp³-hybridized carbons (Fsp3) is 0.333. The highest BCUT2D eigenvalue weighted by atomic mass is 16.6. The molecule has 0 fully saturated rings. The quantitative estimate of drug-likeness (QED) is 0.786.